The lowest BCUT2D eigenvalue weighted by molar-refractivity contribution is -0.141. The molecule has 0 bridgehead atoms. The predicted molar refractivity (Wildman–Crippen MR) is 93.8 cm³/mol. The second kappa shape index (κ2) is 7.47. The number of carbonyl (C=O) groups is 2. The van der Waals surface area contributed by atoms with Crippen molar-refractivity contribution in [1.82, 2.24) is 5.32 Å². The van der Waals surface area contributed by atoms with Gasteiger partial charge in [-0.25, -0.2) is 4.79 Å². The minimum Gasteiger partial charge on any atom is -0.480 e. The molecule has 1 amide bonds. The molecule has 1 fully saturated rings. The van der Waals surface area contributed by atoms with Crippen LogP contribution in [0.2, 0.25) is 0 Å². The molecule has 0 heterocycles. The van der Waals surface area contributed by atoms with Crippen LogP contribution in [0.1, 0.15) is 37.7 Å². The Kier molecular flexibility index (Phi) is 5.14. The van der Waals surface area contributed by atoms with Gasteiger partial charge in [0.25, 0.3) is 0 Å². The van der Waals surface area contributed by atoms with E-state index in [4.69, 9.17) is 0 Å². The molecule has 0 radical (unpaired) electrons. The Labute approximate surface area is 141 Å². The molecule has 24 heavy (non-hydrogen) atoms. The normalized spacial score (nSPS) is 16.2. The molecule has 4 heteroatoms. The topological polar surface area (TPSA) is 66.4 Å². The fourth-order valence-electron chi connectivity index (χ4n) is 3.53. The van der Waals surface area contributed by atoms with Gasteiger partial charge < -0.3 is 10.4 Å². The van der Waals surface area contributed by atoms with Gasteiger partial charge in [0.2, 0.25) is 5.91 Å². The fraction of sp³-hybridized carbons (Fsp3) is 0.400. The number of carbonyl (C=O) groups excluding carboxylic acids is 1. The van der Waals surface area contributed by atoms with E-state index in [2.05, 4.69) is 5.32 Å². The summed E-state index contributed by atoms with van der Waals surface area (Å²) >= 11 is 0. The minimum absolute atomic E-state index is 0.143. The van der Waals surface area contributed by atoms with Gasteiger partial charge in [0.05, 0.1) is 0 Å². The Balaban J connectivity index is 1.66. The van der Waals surface area contributed by atoms with Crippen molar-refractivity contribution < 1.29 is 14.7 Å². The molecule has 1 atom stereocenters. The maximum atomic E-state index is 12.1. The first-order valence-electron chi connectivity index (χ1n) is 8.61. The van der Waals surface area contributed by atoms with Crippen molar-refractivity contribution in [3.8, 4) is 0 Å². The number of carboxylic acid groups (broad SMARTS) is 1. The first kappa shape index (κ1) is 16.5. The zero-order valence-electron chi connectivity index (χ0n) is 13.7. The van der Waals surface area contributed by atoms with Crippen LogP contribution in [-0.4, -0.2) is 23.0 Å². The summed E-state index contributed by atoms with van der Waals surface area (Å²) in [6.07, 6.45) is 5.26. The molecule has 0 saturated heterocycles. The molecule has 0 unspecified atom stereocenters. The lowest BCUT2D eigenvalue weighted by Crippen LogP contribution is -2.42. The van der Waals surface area contributed by atoms with E-state index >= 15 is 0 Å². The van der Waals surface area contributed by atoms with Gasteiger partial charge in [-0.15, -0.1) is 0 Å². The largest absolute Gasteiger partial charge is 0.480 e. The summed E-state index contributed by atoms with van der Waals surface area (Å²) < 4.78 is 0. The molecule has 126 valence electrons. The van der Waals surface area contributed by atoms with Gasteiger partial charge in [0, 0.05) is 12.8 Å². The molecule has 0 aliphatic heterocycles. The van der Waals surface area contributed by atoms with Gasteiger partial charge in [-0.1, -0.05) is 55.3 Å². The number of amides is 1. The van der Waals surface area contributed by atoms with Crippen LogP contribution in [0.15, 0.2) is 42.5 Å². The van der Waals surface area contributed by atoms with Crippen LogP contribution in [0, 0.1) is 5.92 Å². The minimum atomic E-state index is -0.983. The molecule has 3 rings (SSSR count). The van der Waals surface area contributed by atoms with Crippen LogP contribution in [0.25, 0.3) is 10.8 Å². The predicted octanol–water partition coefficient (Wildman–Crippen LogP) is 3.53. The average molecular weight is 325 g/mol. The third-order valence-corrected chi connectivity index (χ3v) is 4.84. The summed E-state index contributed by atoms with van der Waals surface area (Å²) in [6, 6.07) is 13.0. The Morgan fingerprint density at radius 2 is 1.79 bits per heavy atom. The van der Waals surface area contributed by atoms with Crippen LogP contribution in [0.4, 0.5) is 0 Å². The highest BCUT2D eigenvalue weighted by atomic mass is 16.4. The van der Waals surface area contributed by atoms with Crippen LogP contribution >= 0.6 is 0 Å². The Morgan fingerprint density at radius 1 is 1.08 bits per heavy atom. The maximum Gasteiger partial charge on any atom is 0.326 e. The molecule has 0 spiro atoms. The van der Waals surface area contributed by atoms with Crippen molar-refractivity contribution in [3.05, 3.63) is 48.0 Å². The van der Waals surface area contributed by atoms with Crippen LogP contribution in [0.5, 0.6) is 0 Å². The molecule has 2 N–H and O–H groups in total. The van der Waals surface area contributed by atoms with E-state index in [-0.39, 0.29) is 5.91 Å². The number of fused-ring (bicyclic) bond motifs is 1. The molecule has 4 nitrogen and oxygen atoms in total. The molecule has 0 aromatic heterocycles. The van der Waals surface area contributed by atoms with E-state index in [0.29, 0.717) is 18.8 Å². The average Bonchev–Trinajstić information content (AvgIpc) is 3.07. The molecule has 1 aliphatic carbocycles. The van der Waals surface area contributed by atoms with Crippen molar-refractivity contribution in [1.29, 1.82) is 0 Å². The van der Waals surface area contributed by atoms with E-state index in [9.17, 15) is 14.7 Å². The molecule has 2 aromatic carbocycles. The first-order valence-corrected chi connectivity index (χ1v) is 8.61. The van der Waals surface area contributed by atoms with E-state index in [1.807, 2.05) is 42.5 Å². The second-order valence-corrected chi connectivity index (χ2v) is 6.70. The van der Waals surface area contributed by atoms with Gasteiger partial charge in [-0.05, 0) is 35.1 Å². The summed E-state index contributed by atoms with van der Waals surface area (Å²) in [5, 5.41) is 14.3. The lowest BCUT2D eigenvalue weighted by Gasteiger charge is -2.16. The third kappa shape index (κ3) is 4.13. The summed E-state index contributed by atoms with van der Waals surface area (Å²) in [4.78, 5) is 23.7. The molecule has 1 aliphatic rings. The molecule has 2 aromatic rings. The van der Waals surface area contributed by atoms with Gasteiger partial charge in [-0.2, -0.15) is 0 Å². The molecule has 1 saturated carbocycles. The number of hydrogen-bond acceptors (Lipinski definition) is 2. The summed E-state index contributed by atoms with van der Waals surface area (Å²) in [6.45, 7) is 0. The summed E-state index contributed by atoms with van der Waals surface area (Å²) in [5.41, 5.74) is 0.919. The summed E-state index contributed by atoms with van der Waals surface area (Å²) in [5.74, 6) is -0.710. The van der Waals surface area contributed by atoms with Crippen molar-refractivity contribution >= 4 is 22.6 Å². The van der Waals surface area contributed by atoms with Gasteiger partial charge in [-0.3, -0.25) is 4.79 Å². The van der Waals surface area contributed by atoms with Crippen molar-refractivity contribution in [2.24, 2.45) is 5.92 Å². The van der Waals surface area contributed by atoms with E-state index in [0.717, 1.165) is 29.2 Å². The highest BCUT2D eigenvalue weighted by Gasteiger charge is 2.23. The monoisotopic (exact) mass is 325 g/mol. The number of carboxylic acids is 1. The van der Waals surface area contributed by atoms with Crippen LogP contribution in [0.3, 0.4) is 0 Å². The number of nitrogens with one attached hydrogen (secondary N) is 1. The van der Waals surface area contributed by atoms with E-state index < -0.39 is 12.0 Å². The standard InChI is InChI=1S/C20H23NO3/c22-19(13-14-5-1-2-6-14)21-18(20(23)24)12-15-9-10-16-7-3-4-8-17(16)11-15/h3-4,7-11,14,18H,1-2,5-6,12-13H2,(H,21,22)(H,23,24)/t18-/m1/s1. The second-order valence-electron chi connectivity index (χ2n) is 6.70. The number of hydrogen-bond donors (Lipinski definition) is 2. The van der Waals surface area contributed by atoms with Crippen molar-refractivity contribution in [2.45, 2.75) is 44.6 Å². The lowest BCUT2D eigenvalue weighted by atomic mass is 10.0. The molecular formula is C20H23NO3. The zero-order chi connectivity index (χ0) is 16.9. The highest BCUT2D eigenvalue weighted by Crippen LogP contribution is 2.27. The fourth-order valence-corrected chi connectivity index (χ4v) is 3.53. The van der Waals surface area contributed by atoms with Gasteiger partial charge >= 0.3 is 5.97 Å². The van der Waals surface area contributed by atoms with E-state index in [1.54, 1.807) is 0 Å². The zero-order valence-corrected chi connectivity index (χ0v) is 13.7. The van der Waals surface area contributed by atoms with Crippen LogP contribution in [-0.2, 0) is 16.0 Å². The Morgan fingerprint density at radius 3 is 2.50 bits per heavy atom. The quantitative estimate of drug-likeness (QED) is 0.854. The summed E-state index contributed by atoms with van der Waals surface area (Å²) in [7, 11) is 0. The SMILES string of the molecule is O=C(CC1CCCC1)N[C@H](Cc1ccc2ccccc2c1)C(=O)O. The molecular weight excluding hydrogens is 302 g/mol. The van der Waals surface area contributed by atoms with Crippen LogP contribution < -0.4 is 5.32 Å². The van der Waals surface area contributed by atoms with Gasteiger partial charge in [0.15, 0.2) is 0 Å². The Bertz CT molecular complexity index is 734. The van der Waals surface area contributed by atoms with E-state index in [1.165, 1.54) is 12.8 Å². The van der Waals surface area contributed by atoms with Crippen molar-refractivity contribution in [2.75, 3.05) is 0 Å². The number of rotatable bonds is 6. The number of aliphatic carboxylic acids is 1. The smallest absolute Gasteiger partial charge is 0.326 e. The number of benzene rings is 2. The maximum absolute atomic E-state index is 12.1. The van der Waals surface area contributed by atoms with Crippen molar-refractivity contribution in [3.63, 3.8) is 0 Å². The first-order chi connectivity index (χ1) is 11.6. The highest BCUT2D eigenvalue weighted by molar-refractivity contribution is 5.85. The van der Waals surface area contributed by atoms with Gasteiger partial charge in [0.1, 0.15) is 6.04 Å². The third-order valence-electron chi connectivity index (χ3n) is 4.84. The Hall–Kier alpha value is -2.36.